The molecule has 2 fully saturated rings. The monoisotopic (exact) mass is 428 g/mol. The number of nitrogens with zero attached hydrogens (tertiary/aromatic N) is 1. The van der Waals surface area contributed by atoms with Crippen molar-refractivity contribution in [1.82, 2.24) is 0 Å². The summed E-state index contributed by atoms with van der Waals surface area (Å²) in [5, 5.41) is 3.07. The molecule has 1 saturated heterocycles. The number of para-hydroxylation sites is 1. The van der Waals surface area contributed by atoms with Gasteiger partial charge in [0.25, 0.3) is 5.91 Å². The van der Waals surface area contributed by atoms with Crippen LogP contribution in [0, 0.1) is 23.7 Å². The maximum atomic E-state index is 13.1. The SMILES string of the molecule is CCc1cccc(CC)c1NC(=O)c1ccc(N2C(=O)[C@@H]3[C@@H](C2=O)[C@H]2C=C(C)[C@H]3C2)cc1. The van der Waals surface area contributed by atoms with Crippen LogP contribution in [0.1, 0.15) is 48.7 Å². The first kappa shape index (κ1) is 20.7. The van der Waals surface area contributed by atoms with Crippen molar-refractivity contribution in [2.24, 2.45) is 23.7 Å². The van der Waals surface area contributed by atoms with Gasteiger partial charge in [0.15, 0.2) is 0 Å². The molecule has 5 nitrogen and oxygen atoms in total. The van der Waals surface area contributed by atoms with E-state index >= 15 is 0 Å². The lowest BCUT2D eigenvalue weighted by atomic mass is 9.82. The number of amides is 3. The molecule has 1 heterocycles. The largest absolute Gasteiger partial charge is 0.321 e. The standard InChI is InChI=1S/C27H28N2O3/c1-4-16-7-6-8-17(5-2)24(16)28-25(30)18-9-11-20(12-10-18)29-26(31)22-19-13-15(3)21(14-19)23(22)27(29)32/h6-13,19,21-23H,4-5,14H2,1-3H3,(H,28,30)/t19-,21+,22-,23-/m0/s1. The van der Waals surface area contributed by atoms with Crippen molar-refractivity contribution in [2.75, 3.05) is 10.2 Å². The summed E-state index contributed by atoms with van der Waals surface area (Å²) >= 11 is 0. The summed E-state index contributed by atoms with van der Waals surface area (Å²) in [5.74, 6) is -0.457. The second-order valence-corrected chi connectivity index (χ2v) is 9.14. The number of fused-ring (bicyclic) bond motifs is 5. The van der Waals surface area contributed by atoms with Gasteiger partial charge < -0.3 is 5.32 Å². The van der Waals surface area contributed by atoms with E-state index in [1.165, 1.54) is 10.5 Å². The molecule has 0 spiro atoms. The third kappa shape index (κ3) is 3.02. The van der Waals surface area contributed by atoms with Gasteiger partial charge in [0.05, 0.1) is 17.5 Å². The zero-order valence-electron chi connectivity index (χ0n) is 18.7. The van der Waals surface area contributed by atoms with Crippen molar-refractivity contribution in [1.29, 1.82) is 0 Å². The van der Waals surface area contributed by atoms with Gasteiger partial charge in [-0.1, -0.05) is 43.7 Å². The van der Waals surface area contributed by atoms with Crippen molar-refractivity contribution in [3.05, 3.63) is 70.8 Å². The Morgan fingerprint density at radius 2 is 1.59 bits per heavy atom. The molecule has 5 heteroatoms. The van der Waals surface area contributed by atoms with E-state index in [2.05, 4.69) is 32.2 Å². The van der Waals surface area contributed by atoms with Crippen LogP contribution >= 0.6 is 0 Å². The zero-order chi connectivity index (χ0) is 22.6. The zero-order valence-corrected chi connectivity index (χ0v) is 18.7. The molecule has 2 bridgehead atoms. The molecule has 0 radical (unpaired) electrons. The molecular weight excluding hydrogens is 400 g/mol. The molecule has 3 aliphatic rings. The molecule has 3 amide bonds. The topological polar surface area (TPSA) is 66.5 Å². The van der Waals surface area contributed by atoms with Gasteiger partial charge in [0, 0.05) is 11.3 Å². The predicted octanol–water partition coefficient (Wildman–Crippen LogP) is 4.77. The molecule has 1 N–H and O–H groups in total. The van der Waals surface area contributed by atoms with E-state index in [0.717, 1.165) is 36.1 Å². The number of benzene rings is 2. The van der Waals surface area contributed by atoms with Crippen LogP contribution in [0.3, 0.4) is 0 Å². The molecule has 2 aromatic carbocycles. The summed E-state index contributed by atoms with van der Waals surface area (Å²) in [6, 6.07) is 12.9. The minimum Gasteiger partial charge on any atom is -0.321 e. The van der Waals surface area contributed by atoms with Crippen LogP contribution < -0.4 is 10.2 Å². The number of carbonyl (C=O) groups is 3. The predicted molar refractivity (Wildman–Crippen MR) is 124 cm³/mol. The summed E-state index contributed by atoms with van der Waals surface area (Å²) < 4.78 is 0. The van der Waals surface area contributed by atoms with Gasteiger partial charge in [0.1, 0.15) is 0 Å². The van der Waals surface area contributed by atoms with Crippen LogP contribution in [-0.4, -0.2) is 17.7 Å². The van der Waals surface area contributed by atoms with E-state index in [9.17, 15) is 14.4 Å². The number of nitrogens with one attached hydrogen (secondary N) is 1. The lowest BCUT2D eigenvalue weighted by Crippen LogP contribution is -2.33. The number of rotatable bonds is 5. The van der Waals surface area contributed by atoms with Gasteiger partial charge in [-0.05, 0) is 73.4 Å². The highest BCUT2D eigenvalue weighted by Crippen LogP contribution is 2.55. The fraction of sp³-hybridized carbons (Fsp3) is 0.370. The van der Waals surface area contributed by atoms with Crippen molar-refractivity contribution < 1.29 is 14.4 Å². The van der Waals surface area contributed by atoms with Gasteiger partial charge in [0.2, 0.25) is 11.8 Å². The Morgan fingerprint density at radius 1 is 0.969 bits per heavy atom. The Hall–Kier alpha value is -3.21. The number of hydrogen-bond donors (Lipinski definition) is 1. The second-order valence-electron chi connectivity index (χ2n) is 9.14. The molecule has 1 aliphatic heterocycles. The Labute approximate surface area is 188 Å². The molecule has 2 aromatic rings. The van der Waals surface area contributed by atoms with E-state index < -0.39 is 0 Å². The normalized spacial score (nSPS) is 25.8. The fourth-order valence-corrected chi connectivity index (χ4v) is 5.88. The van der Waals surface area contributed by atoms with Gasteiger partial charge in [-0.15, -0.1) is 0 Å². The number of allylic oxidation sites excluding steroid dienone is 2. The molecule has 4 atom stereocenters. The van der Waals surface area contributed by atoms with Crippen LogP contribution in [0.5, 0.6) is 0 Å². The van der Waals surface area contributed by atoms with Crippen LogP contribution in [0.2, 0.25) is 0 Å². The van der Waals surface area contributed by atoms with Gasteiger partial charge in [-0.25, -0.2) is 0 Å². The summed E-state index contributed by atoms with van der Waals surface area (Å²) in [4.78, 5) is 40.5. The summed E-state index contributed by atoms with van der Waals surface area (Å²) in [6.07, 6.45) is 4.76. The molecule has 0 unspecified atom stereocenters. The molecule has 32 heavy (non-hydrogen) atoms. The average molecular weight is 429 g/mol. The first-order valence-corrected chi connectivity index (χ1v) is 11.5. The Kier molecular flexibility index (Phi) is 5.00. The minimum atomic E-state index is -0.225. The summed E-state index contributed by atoms with van der Waals surface area (Å²) in [7, 11) is 0. The van der Waals surface area contributed by atoms with Gasteiger partial charge >= 0.3 is 0 Å². The maximum Gasteiger partial charge on any atom is 0.255 e. The second kappa shape index (κ2) is 7.73. The average Bonchev–Trinajstić information content (AvgIpc) is 3.44. The van der Waals surface area contributed by atoms with E-state index in [0.29, 0.717) is 11.3 Å². The van der Waals surface area contributed by atoms with E-state index in [-0.39, 0.29) is 41.4 Å². The Morgan fingerprint density at radius 3 is 2.22 bits per heavy atom. The van der Waals surface area contributed by atoms with Crippen LogP contribution in [0.15, 0.2) is 54.1 Å². The van der Waals surface area contributed by atoms with E-state index in [1.54, 1.807) is 24.3 Å². The fourth-order valence-electron chi connectivity index (χ4n) is 5.88. The molecule has 0 aromatic heterocycles. The molecule has 2 aliphatic carbocycles. The summed E-state index contributed by atoms with van der Waals surface area (Å²) in [5.41, 5.74) is 5.37. The van der Waals surface area contributed by atoms with Crippen LogP contribution in [0.4, 0.5) is 11.4 Å². The molecule has 5 rings (SSSR count). The lowest BCUT2D eigenvalue weighted by molar-refractivity contribution is -0.123. The molecule has 1 saturated carbocycles. The third-order valence-corrected chi connectivity index (χ3v) is 7.51. The number of hydrogen-bond acceptors (Lipinski definition) is 3. The van der Waals surface area contributed by atoms with Crippen molar-refractivity contribution in [2.45, 2.75) is 40.0 Å². The highest BCUT2D eigenvalue weighted by molar-refractivity contribution is 6.23. The number of aryl methyl sites for hydroxylation is 2. The van der Waals surface area contributed by atoms with E-state index in [1.807, 2.05) is 18.2 Å². The maximum absolute atomic E-state index is 13.1. The highest BCUT2D eigenvalue weighted by atomic mass is 16.2. The molecule has 164 valence electrons. The van der Waals surface area contributed by atoms with Gasteiger partial charge in [-0.2, -0.15) is 0 Å². The smallest absolute Gasteiger partial charge is 0.255 e. The Balaban J connectivity index is 1.36. The van der Waals surface area contributed by atoms with Crippen LogP contribution in [-0.2, 0) is 22.4 Å². The van der Waals surface area contributed by atoms with Crippen LogP contribution in [0.25, 0.3) is 0 Å². The highest BCUT2D eigenvalue weighted by Gasteiger charge is 2.60. The number of anilines is 2. The van der Waals surface area contributed by atoms with Crippen molar-refractivity contribution in [3.8, 4) is 0 Å². The Bertz CT molecular complexity index is 1130. The number of imide groups is 1. The minimum absolute atomic E-state index is 0.0957. The van der Waals surface area contributed by atoms with E-state index in [4.69, 9.17) is 0 Å². The molecular formula is C27H28N2O3. The summed E-state index contributed by atoms with van der Waals surface area (Å²) in [6.45, 7) is 6.21. The van der Waals surface area contributed by atoms with Gasteiger partial charge in [-0.3, -0.25) is 19.3 Å². The quantitative estimate of drug-likeness (QED) is 0.551. The third-order valence-electron chi connectivity index (χ3n) is 7.51. The van der Waals surface area contributed by atoms with Crippen molar-refractivity contribution >= 4 is 29.1 Å². The first-order chi connectivity index (χ1) is 15.4. The lowest BCUT2D eigenvalue weighted by Gasteiger charge is -2.19. The first-order valence-electron chi connectivity index (χ1n) is 11.5. The number of carbonyl (C=O) groups excluding carboxylic acids is 3. The van der Waals surface area contributed by atoms with Crippen molar-refractivity contribution in [3.63, 3.8) is 0 Å².